The van der Waals surface area contributed by atoms with Crippen LogP contribution in [0.2, 0.25) is 0 Å². The molecule has 0 amide bonds. The summed E-state index contributed by atoms with van der Waals surface area (Å²) in [6, 6.07) is 0. The Morgan fingerprint density at radius 2 is 2.33 bits per heavy atom. The second kappa shape index (κ2) is 5.63. The summed E-state index contributed by atoms with van der Waals surface area (Å²) in [5, 5.41) is 0.795. The number of carbonyl (C=O) groups is 1. The van der Waals surface area contributed by atoms with Crippen LogP contribution in [0.1, 0.15) is 6.92 Å². The Labute approximate surface area is 108 Å². The van der Waals surface area contributed by atoms with Crippen LogP contribution in [0.5, 0.6) is 0 Å². The molecule has 6 nitrogen and oxygen atoms in total. The molecule has 0 aliphatic carbocycles. The number of hydrogen-bond acceptors (Lipinski definition) is 6. The number of hydrogen-bond donors (Lipinski definition) is 1. The molecule has 0 spiro atoms. The highest BCUT2D eigenvalue weighted by Crippen LogP contribution is 2.21. The highest BCUT2D eigenvalue weighted by Gasteiger charge is 2.07. The lowest BCUT2D eigenvalue weighted by Gasteiger charge is -2.04. The zero-order valence-corrected chi connectivity index (χ0v) is 10.7. The maximum absolute atomic E-state index is 11.2. The summed E-state index contributed by atoms with van der Waals surface area (Å²) in [6.07, 6.45) is 3.04. The van der Waals surface area contributed by atoms with E-state index >= 15 is 0 Å². The Hall–Kier alpha value is -1.89. The molecule has 2 aromatic rings. The van der Waals surface area contributed by atoms with Crippen LogP contribution in [0, 0.1) is 0 Å². The average Bonchev–Trinajstić information content (AvgIpc) is 2.83. The molecule has 0 saturated heterocycles. The molecule has 0 fully saturated rings. The molecule has 0 aliphatic heterocycles. The lowest BCUT2D eigenvalue weighted by Crippen LogP contribution is -2.07. The van der Waals surface area contributed by atoms with Crippen molar-refractivity contribution in [1.29, 1.82) is 0 Å². The van der Waals surface area contributed by atoms with E-state index < -0.39 is 0 Å². The first-order chi connectivity index (χ1) is 8.68. The van der Waals surface area contributed by atoms with Gasteiger partial charge in [-0.2, -0.15) is 0 Å². The quantitative estimate of drug-likeness (QED) is 0.290. The third kappa shape index (κ3) is 2.86. The molecule has 0 bridgehead atoms. The van der Waals surface area contributed by atoms with Crippen LogP contribution in [0.15, 0.2) is 29.8 Å². The van der Waals surface area contributed by atoms with Crippen LogP contribution in [0.3, 0.4) is 0 Å². The van der Waals surface area contributed by atoms with Gasteiger partial charge < -0.3 is 9.72 Å². The highest BCUT2D eigenvalue weighted by molar-refractivity contribution is 7.99. The number of rotatable bonds is 5. The number of nitrogens with one attached hydrogen (secondary N) is 1. The van der Waals surface area contributed by atoms with E-state index in [1.54, 1.807) is 13.3 Å². The van der Waals surface area contributed by atoms with Gasteiger partial charge in [0.05, 0.1) is 6.33 Å². The Kier molecular flexibility index (Phi) is 3.93. The van der Waals surface area contributed by atoms with Gasteiger partial charge in [0.25, 0.3) is 0 Å². The Morgan fingerprint density at radius 3 is 3.11 bits per heavy atom. The predicted molar refractivity (Wildman–Crippen MR) is 68.2 cm³/mol. The molecule has 0 aliphatic rings. The van der Waals surface area contributed by atoms with Crippen LogP contribution in [0.4, 0.5) is 0 Å². The summed E-state index contributed by atoms with van der Waals surface area (Å²) < 4.78 is 4.99. The van der Waals surface area contributed by atoms with Gasteiger partial charge in [-0.3, -0.25) is 0 Å². The normalized spacial score (nSPS) is 10.5. The van der Waals surface area contributed by atoms with Crippen LogP contribution in [-0.4, -0.2) is 38.3 Å². The van der Waals surface area contributed by atoms with E-state index in [0.717, 1.165) is 10.5 Å². The number of H-pyrrole nitrogens is 1. The largest absolute Gasteiger partial charge is 0.461 e. The first-order valence-corrected chi connectivity index (χ1v) is 6.26. The van der Waals surface area contributed by atoms with Gasteiger partial charge in [-0.15, -0.1) is 11.8 Å². The molecule has 2 rings (SSSR count). The average molecular weight is 264 g/mol. The van der Waals surface area contributed by atoms with E-state index in [4.69, 9.17) is 4.74 Å². The Morgan fingerprint density at radius 1 is 1.50 bits per heavy atom. The summed E-state index contributed by atoms with van der Waals surface area (Å²) in [7, 11) is 0. The van der Waals surface area contributed by atoms with Crippen molar-refractivity contribution in [3.05, 3.63) is 24.8 Å². The second-order valence-corrected chi connectivity index (χ2v) is 4.63. The summed E-state index contributed by atoms with van der Waals surface area (Å²) in [5.41, 5.74) is 1.83. The van der Waals surface area contributed by atoms with Crippen molar-refractivity contribution in [3.8, 4) is 0 Å². The maximum Gasteiger partial charge on any atom is 0.333 e. The van der Waals surface area contributed by atoms with Crippen LogP contribution >= 0.6 is 11.8 Å². The van der Waals surface area contributed by atoms with Crippen LogP contribution < -0.4 is 0 Å². The smallest absolute Gasteiger partial charge is 0.333 e. The van der Waals surface area contributed by atoms with Crippen molar-refractivity contribution in [2.75, 3.05) is 12.4 Å². The van der Waals surface area contributed by atoms with E-state index in [1.165, 1.54) is 18.1 Å². The summed E-state index contributed by atoms with van der Waals surface area (Å²) in [4.78, 5) is 26.3. The Balaban J connectivity index is 1.89. The fraction of sp³-hybridized carbons (Fsp3) is 0.273. The topological polar surface area (TPSA) is 80.8 Å². The molecule has 0 unspecified atom stereocenters. The highest BCUT2D eigenvalue weighted by atomic mass is 32.2. The molecule has 2 heterocycles. The van der Waals surface area contributed by atoms with Gasteiger partial charge in [-0.05, 0) is 6.92 Å². The van der Waals surface area contributed by atoms with Gasteiger partial charge in [-0.25, -0.2) is 19.7 Å². The zero-order chi connectivity index (χ0) is 13.0. The molecule has 18 heavy (non-hydrogen) atoms. The molecule has 7 heteroatoms. The van der Waals surface area contributed by atoms with Crippen molar-refractivity contribution < 1.29 is 9.53 Å². The number of carbonyl (C=O) groups excluding carboxylic acids is 1. The van der Waals surface area contributed by atoms with E-state index in [0.29, 0.717) is 23.6 Å². The molecule has 0 aromatic carbocycles. The minimum absolute atomic E-state index is 0.315. The lowest BCUT2D eigenvalue weighted by atomic mass is 10.4. The van der Waals surface area contributed by atoms with E-state index in [1.807, 2.05) is 0 Å². The van der Waals surface area contributed by atoms with E-state index in [-0.39, 0.29) is 5.97 Å². The summed E-state index contributed by atoms with van der Waals surface area (Å²) in [6.45, 7) is 5.45. The second-order valence-electron chi connectivity index (χ2n) is 3.54. The first kappa shape index (κ1) is 12.6. The van der Waals surface area contributed by atoms with Gasteiger partial charge in [0.15, 0.2) is 5.65 Å². The monoisotopic (exact) mass is 264 g/mol. The van der Waals surface area contributed by atoms with Crippen molar-refractivity contribution in [2.45, 2.75) is 11.9 Å². The molecule has 0 atom stereocenters. The van der Waals surface area contributed by atoms with Gasteiger partial charge >= 0.3 is 5.97 Å². The number of ether oxygens (including phenoxy) is 1. The SMILES string of the molecule is C=C(C)C(=O)OCCSc1ncnc2nc[nH]c12. The zero-order valence-electron chi connectivity index (χ0n) is 9.84. The third-order valence-corrected chi connectivity index (χ3v) is 3.05. The van der Waals surface area contributed by atoms with Gasteiger partial charge in [0.2, 0.25) is 0 Å². The molecule has 0 radical (unpaired) electrons. The number of nitrogens with zero attached hydrogens (tertiary/aromatic N) is 3. The standard InChI is InChI=1S/C11H12N4O2S/c1-7(2)11(16)17-3-4-18-10-8-9(13-5-12-8)14-6-15-10/h5-6H,1,3-4H2,2H3,(H,12,13,14,15). The van der Waals surface area contributed by atoms with Gasteiger partial charge in [0, 0.05) is 11.3 Å². The van der Waals surface area contributed by atoms with E-state index in [2.05, 4.69) is 26.5 Å². The third-order valence-electron chi connectivity index (χ3n) is 2.09. The van der Waals surface area contributed by atoms with Crippen molar-refractivity contribution in [2.24, 2.45) is 0 Å². The fourth-order valence-electron chi connectivity index (χ4n) is 1.25. The summed E-state index contributed by atoms with van der Waals surface area (Å²) >= 11 is 1.48. The predicted octanol–water partition coefficient (Wildman–Crippen LogP) is 1.56. The van der Waals surface area contributed by atoms with Crippen molar-refractivity contribution >= 4 is 28.9 Å². The maximum atomic E-state index is 11.2. The number of fused-ring (bicyclic) bond motifs is 1. The minimum Gasteiger partial charge on any atom is -0.461 e. The molecular formula is C11H12N4O2S. The van der Waals surface area contributed by atoms with Gasteiger partial charge in [0.1, 0.15) is 23.5 Å². The summed E-state index contributed by atoms with van der Waals surface area (Å²) in [5.74, 6) is 0.245. The molecular weight excluding hydrogens is 252 g/mol. The number of thioether (sulfide) groups is 1. The first-order valence-electron chi connectivity index (χ1n) is 5.28. The number of imidazole rings is 1. The van der Waals surface area contributed by atoms with Crippen LogP contribution in [-0.2, 0) is 9.53 Å². The van der Waals surface area contributed by atoms with Crippen LogP contribution in [0.25, 0.3) is 11.2 Å². The molecule has 0 saturated carbocycles. The number of esters is 1. The molecule has 1 N–H and O–H groups in total. The molecule has 94 valence electrons. The van der Waals surface area contributed by atoms with Crippen molar-refractivity contribution in [1.82, 2.24) is 19.9 Å². The number of aromatic amines is 1. The minimum atomic E-state index is -0.370. The number of aromatic nitrogens is 4. The fourth-order valence-corrected chi connectivity index (χ4v) is 2.02. The Bertz CT molecular complexity index is 581. The van der Waals surface area contributed by atoms with Gasteiger partial charge in [-0.1, -0.05) is 6.58 Å². The van der Waals surface area contributed by atoms with Crippen molar-refractivity contribution in [3.63, 3.8) is 0 Å². The molecule has 2 aromatic heterocycles. The van der Waals surface area contributed by atoms with E-state index in [9.17, 15) is 4.79 Å². The lowest BCUT2D eigenvalue weighted by molar-refractivity contribution is -0.138.